The largest absolute Gasteiger partial charge is 0.426 e. The number of aliphatic hydroxyl groups is 1. The summed E-state index contributed by atoms with van der Waals surface area (Å²) in [6.07, 6.45) is -4.71. The highest BCUT2D eigenvalue weighted by atomic mass is 19.4. The predicted molar refractivity (Wildman–Crippen MR) is 30.1 cm³/mol. The molecular formula is C5H6F3NO2. The van der Waals surface area contributed by atoms with Crippen LogP contribution in [0.1, 0.15) is 6.92 Å². The first-order chi connectivity index (χ1) is 4.88. The lowest BCUT2D eigenvalue weighted by molar-refractivity contribution is -0.237. The van der Waals surface area contributed by atoms with Crippen LogP contribution in [-0.4, -0.2) is 29.2 Å². The van der Waals surface area contributed by atoms with Crippen LogP contribution >= 0.6 is 0 Å². The van der Waals surface area contributed by atoms with Crippen LogP contribution in [0.5, 0.6) is 0 Å². The SMILES string of the molecule is CC1=NOC[C@]1(O)C(F)(F)F. The van der Waals surface area contributed by atoms with E-state index in [1.807, 2.05) is 0 Å². The van der Waals surface area contributed by atoms with Crippen molar-refractivity contribution in [2.45, 2.75) is 18.7 Å². The molecule has 64 valence electrons. The first-order valence-electron chi connectivity index (χ1n) is 2.84. The van der Waals surface area contributed by atoms with Crippen LogP contribution in [-0.2, 0) is 4.84 Å². The molecule has 0 aromatic heterocycles. The summed E-state index contributed by atoms with van der Waals surface area (Å²) in [5.74, 6) is 0. The van der Waals surface area contributed by atoms with Gasteiger partial charge in [0.1, 0.15) is 0 Å². The van der Waals surface area contributed by atoms with Crippen LogP contribution < -0.4 is 0 Å². The lowest BCUT2D eigenvalue weighted by atomic mass is 10.0. The minimum Gasteiger partial charge on any atom is -0.392 e. The molecule has 0 fully saturated rings. The monoisotopic (exact) mass is 169 g/mol. The minimum atomic E-state index is -4.71. The lowest BCUT2D eigenvalue weighted by Gasteiger charge is -2.22. The summed E-state index contributed by atoms with van der Waals surface area (Å²) < 4.78 is 36.0. The van der Waals surface area contributed by atoms with Gasteiger partial charge in [-0.05, 0) is 6.92 Å². The van der Waals surface area contributed by atoms with Gasteiger partial charge in [0.15, 0.2) is 6.61 Å². The van der Waals surface area contributed by atoms with Gasteiger partial charge in [-0.1, -0.05) is 5.16 Å². The van der Waals surface area contributed by atoms with E-state index >= 15 is 0 Å². The van der Waals surface area contributed by atoms with Gasteiger partial charge in [-0.2, -0.15) is 13.2 Å². The zero-order valence-corrected chi connectivity index (χ0v) is 5.64. The molecule has 0 aromatic rings. The van der Waals surface area contributed by atoms with E-state index in [-0.39, 0.29) is 0 Å². The van der Waals surface area contributed by atoms with Crippen LogP contribution in [0.4, 0.5) is 13.2 Å². The Balaban J connectivity index is 2.92. The summed E-state index contributed by atoms with van der Waals surface area (Å²) in [5, 5.41) is 11.9. The summed E-state index contributed by atoms with van der Waals surface area (Å²) in [4.78, 5) is 4.12. The summed E-state index contributed by atoms with van der Waals surface area (Å²) in [6.45, 7) is 0.225. The number of hydrogen-bond acceptors (Lipinski definition) is 3. The van der Waals surface area contributed by atoms with Crippen LogP contribution in [0.25, 0.3) is 0 Å². The van der Waals surface area contributed by atoms with Gasteiger partial charge in [0.25, 0.3) is 0 Å². The van der Waals surface area contributed by atoms with Crippen molar-refractivity contribution in [1.29, 1.82) is 0 Å². The van der Waals surface area contributed by atoms with Crippen LogP contribution in [0, 0.1) is 0 Å². The summed E-state index contributed by atoms with van der Waals surface area (Å²) in [6, 6.07) is 0. The average Bonchev–Trinajstić information content (AvgIpc) is 2.12. The second-order valence-corrected chi connectivity index (χ2v) is 2.31. The molecule has 0 saturated heterocycles. The first kappa shape index (κ1) is 8.32. The third-order valence-corrected chi connectivity index (χ3v) is 1.54. The molecule has 0 saturated carbocycles. The molecule has 1 aliphatic heterocycles. The second kappa shape index (κ2) is 2.10. The Morgan fingerprint density at radius 3 is 2.36 bits per heavy atom. The van der Waals surface area contributed by atoms with Gasteiger partial charge in [-0.15, -0.1) is 0 Å². The van der Waals surface area contributed by atoms with Crippen LogP contribution in [0.15, 0.2) is 5.16 Å². The molecule has 0 spiro atoms. The van der Waals surface area contributed by atoms with Gasteiger partial charge in [0.2, 0.25) is 5.60 Å². The van der Waals surface area contributed by atoms with E-state index in [1.54, 1.807) is 0 Å². The maximum Gasteiger partial charge on any atom is 0.426 e. The third kappa shape index (κ3) is 1.07. The Labute approximate surface area is 60.4 Å². The predicted octanol–water partition coefficient (Wildman–Crippen LogP) is 0.686. The minimum absolute atomic E-state index is 0.454. The van der Waals surface area contributed by atoms with E-state index in [2.05, 4.69) is 9.99 Å². The Kier molecular flexibility index (Phi) is 1.59. The first-order valence-corrected chi connectivity index (χ1v) is 2.84. The normalized spacial score (nSPS) is 31.5. The van der Waals surface area contributed by atoms with Crippen molar-refractivity contribution < 1.29 is 23.1 Å². The number of halogens is 3. The molecule has 11 heavy (non-hydrogen) atoms. The molecule has 1 atom stereocenters. The fourth-order valence-electron chi connectivity index (χ4n) is 0.689. The number of alkyl halides is 3. The van der Waals surface area contributed by atoms with Gasteiger partial charge in [0, 0.05) is 0 Å². The Bertz CT molecular complexity index is 200. The number of nitrogens with zero attached hydrogens (tertiary/aromatic N) is 1. The molecule has 0 amide bonds. The fourth-order valence-corrected chi connectivity index (χ4v) is 0.689. The summed E-state index contributed by atoms with van der Waals surface area (Å²) in [7, 11) is 0. The van der Waals surface area contributed by atoms with E-state index in [9.17, 15) is 13.2 Å². The quantitative estimate of drug-likeness (QED) is 0.579. The maximum absolute atomic E-state index is 12.0. The number of oxime groups is 1. The van der Waals surface area contributed by atoms with Gasteiger partial charge in [-0.3, -0.25) is 0 Å². The van der Waals surface area contributed by atoms with Crippen LogP contribution in [0.3, 0.4) is 0 Å². The zero-order valence-electron chi connectivity index (χ0n) is 5.64. The molecule has 6 heteroatoms. The van der Waals surface area contributed by atoms with Crippen LogP contribution in [0.2, 0.25) is 0 Å². The molecule has 0 aliphatic carbocycles. The number of rotatable bonds is 0. The molecule has 1 rings (SSSR count). The smallest absolute Gasteiger partial charge is 0.392 e. The average molecular weight is 169 g/mol. The van der Waals surface area contributed by atoms with Gasteiger partial charge < -0.3 is 9.94 Å². The molecule has 0 bridgehead atoms. The highest BCUT2D eigenvalue weighted by Gasteiger charge is 2.59. The van der Waals surface area contributed by atoms with Gasteiger partial charge in [-0.25, -0.2) is 0 Å². The van der Waals surface area contributed by atoms with Crippen molar-refractivity contribution in [3.05, 3.63) is 0 Å². The Hall–Kier alpha value is -0.780. The van der Waals surface area contributed by atoms with Gasteiger partial charge in [0.05, 0.1) is 5.71 Å². The second-order valence-electron chi connectivity index (χ2n) is 2.31. The third-order valence-electron chi connectivity index (χ3n) is 1.54. The van der Waals surface area contributed by atoms with E-state index in [0.717, 1.165) is 6.92 Å². The standard InChI is InChI=1S/C5H6F3NO2/c1-3-4(10,2-11-9-3)5(6,7)8/h10H,2H2,1H3/t4-/m1/s1. The highest BCUT2D eigenvalue weighted by molar-refractivity contribution is 5.91. The molecule has 0 aromatic carbocycles. The maximum atomic E-state index is 12.0. The molecular weight excluding hydrogens is 163 g/mol. The van der Waals surface area contributed by atoms with E-state index in [1.165, 1.54) is 0 Å². The van der Waals surface area contributed by atoms with Crippen molar-refractivity contribution >= 4 is 5.71 Å². The molecule has 0 unspecified atom stereocenters. The Morgan fingerprint density at radius 1 is 1.64 bits per heavy atom. The molecule has 3 nitrogen and oxygen atoms in total. The summed E-state index contributed by atoms with van der Waals surface area (Å²) in [5.41, 5.74) is -3.34. The topological polar surface area (TPSA) is 41.8 Å². The van der Waals surface area contributed by atoms with Gasteiger partial charge >= 0.3 is 6.18 Å². The van der Waals surface area contributed by atoms with Crippen molar-refractivity contribution in [3.8, 4) is 0 Å². The van der Waals surface area contributed by atoms with Crippen molar-refractivity contribution in [2.24, 2.45) is 5.16 Å². The lowest BCUT2D eigenvalue weighted by Crippen LogP contribution is -2.51. The zero-order chi connectivity index (χ0) is 8.70. The molecule has 1 aliphatic rings. The fraction of sp³-hybridized carbons (Fsp3) is 0.800. The molecule has 0 radical (unpaired) electrons. The van der Waals surface area contributed by atoms with Crippen molar-refractivity contribution in [2.75, 3.05) is 6.61 Å². The van der Waals surface area contributed by atoms with E-state index in [4.69, 9.17) is 5.11 Å². The van der Waals surface area contributed by atoms with Crippen molar-refractivity contribution in [3.63, 3.8) is 0 Å². The van der Waals surface area contributed by atoms with E-state index in [0.29, 0.717) is 0 Å². The van der Waals surface area contributed by atoms with Crippen molar-refractivity contribution in [1.82, 2.24) is 0 Å². The molecule has 1 N–H and O–H groups in total. The summed E-state index contributed by atoms with van der Waals surface area (Å²) >= 11 is 0. The Morgan fingerprint density at radius 2 is 2.18 bits per heavy atom. The highest BCUT2D eigenvalue weighted by Crippen LogP contribution is 2.34. The molecule has 1 heterocycles. The van der Waals surface area contributed by atoms with E-state index < -0.39 is 24.1 Å². The number of hydrogen-bond donors (Lipinski definition) is 1.